The lowest BCUT2D eigenvalue weighted by Crippen LogP contribution is -2.25. The number of carbonyl (C=O) groups excluding carboxylic acids is 1. The van der Waals surface area contributed by atoms with Crippen LogP contribution in [0.3, 0.4) is 0 Å². The van der Waals surface area contributed by atoms with E-state index in [1.807, 2.05) is 0 Å². The van der Waals surface area contributed by atoms with Crippen molar-refractivity contribution in [1.29, 1.82) is 0 Å². The predicted molar refractivity (Wildman–Crippen MR) is 86.8 cm³/mol. The van der Waals surface area contributed by atoms with Crippen molar-refractivity contribution in [3.05, 3.63) is 58.6 Å². The van der Waals surface area contributed by atoms with Crippen LogP contribution in [-0.4, -0.2) is 29.4 Å². The SMILES string of the molecule is COc1cc(/C=N/NC(=O)[C@H](O)c2ccccc2)cc(Cl)c1O. The van der Waals surface area contributed by atoms with Gasteiger partial charge in [-0.1, -0.05) is 41.9 Å². The van der Waals surface area contributed by atoms with Crippen LogP contribution >= 0.6 is 11.6 Å². The number of aromatic hydroxyl groups is 1. The molecule has 2 rings (SSSR count). The molecule has 2 aromatic carbocycles. The Kier molecular flexibility index (Phi) is 5.56. The van der Waals surface area contributed by atoms with Gasteiger partial charge in [-0.2, -0.15) is 5.10 Å². The lowest BCUT2D eigenvalue weighted by Gasteiger charge is -2.09. The third kappa shape index (κ3) is 4.21. The molecule has 0 aromatic heterocycles. The number of halogens is 1. The Morgan fingerprint density at radius 1 is 1.35 bits per heavy atom. The molecule has 0 radical (unpaired) electrons. The van der Waals surface area contributed by atoms with Crippen LogP contribution in [0.2, 0.25) is 5.02 Å². The van der Waals surface area contributed by atoms with Gasteiger partial charge in [-0.3, -0.25) is 4.79 Å². The Morgan fingerprint density at radius 3 is 2.70 bits per heavy atom. The van der Waals surface area contributed by atoms with E-state index in [0.717, 1.165) is 0 Å². The molecule has 0 fully saturated rings. The standard InChI is InChI=1S/C16H15ClN2O4/c1-23-13-8-10(7-12(17)15(13)21)9-18-19-16(22)14(20)11-5-3-2-4-6-11/h2-9,14,20-21H,1H3,(H,19,22)/b18-9+/t14-/m1/s1. The van der Waals surface area contributed by atoms with Crippen molar-refractivity contribution in [2.75, 3.05) is 7.11 Å². The molecular formula is C16H15ClN2O4. The van der Waals surface area contributed by atoms with Crippen molar-refractivity contribution in [1.82, 2.24) is 5.43 Å². The van der Waals surface area contributed by atoms with Crippen LogP contribution in [0.15, 0.2) is 47.6 Å². The van der Waals surface area contributed by atoms with Crippen molar-refractivity contribution < 1.29 is 19.7 Å². The maximum Gasteiger partial charge on any atom is 0.273 e. The number of phenols is 1. The van der Waals surface area contributed by atoms with Gasteiger partial charge in [0, 0.05) is 0 Å². The van der Waals surface area contributed by atoms with E-state index in [0.29, 0.717) is 11.1 Å². The Bertz CT molecular complexity index is 720. The van der Waals surface area contributed by atoms with E-state index in [9.17, 15) is 15.0 Å². The van der Waals surface area contributed by atoms with Crippen LogP contribution in [0.25, 0.3) is 0 Å². The number of aliphatic hydroxyl groups excluding tert-OH is 1. The second-order valence-corrected chi connectivity index (χ2v) is 5.01. The second-order valence-electron chi connectivity index (χ2n) is 4.60. The van der Waals surface area contributed by atoms with Gasteiger partial charge in [-0.25, -0.2) is 5.43 Å². The summed E-state index contributed by atoms with van der Waals surface area (Å²) in [5, 5.41) is 23.4. The van der Waals surface area contributed by atoms with Crippen LogP contribution in [0.1, 0.15) is 17.2 Å². The lowest BCUT2D eigenvalue weighted by molar-refractivity contribution is -0.129. The van der Waals surface area contributed by atoms with Crippen molar-refractivity contribution in [3.63, 3.8) is 0 Å². The first-order valence-electron chi connectivity index (χ1n) is 6.65. The monoisotopic (exact) mass is 334 g/mol. The zero-order valence-electron chi connectivity index (χ0n) is 12.2. The van der Waals surface area contributed by atoms with Crippen molar-refractivity contribution >= 4 is 23.7 Å². The highest BCUT2D eigenvalue weighted by atomic mass is 35.5. The molecule has 0 saturated carbocycles. The van der Waals surface area contributed by atoms with Gasteiger partial charge in [0.1, 0.15) is 0 Å². The van der Waals surface area contributed by atoms with Crippen molar-refractivity contribution in [2.45, 2.75) is 6.10 Å². The molecule has 6 nitrogen and oxygen atoms in total. The highest BCUT2D eigenvalue weighted by Gasteiger charge is 2.16. The smallest absolute Gasteiger partial charge is 0.273 e. The molecule has 0 saturated heterocycles. The molecule has 7 heteroatoms. The average Bonchev–Trinajstić information content (AvgIpc) is 2.57. The van der Waals surface area contributed by atoms with Crippen LogP contribution < -0.4 is 10.2 Å². The predicted octanol–water partition coefficient (Wildman–Crippen LogP) is 2.24. The molecule has 0 unspecified atom stereocenters. The van der Waals surface area contributed by atoms with Gasteiger partial charge < -0.3 is 14.9 Å². The number of hydrazone groups is 1. The summed E-state index contributed by atoms with van der Waals surface area (Å²) < 4.78 is 4.97. The number of methoxy groups -OCH3 is 1. The number of rotatable bonds is 5. The Hall–Kier alpha value is -2.57. The average molecular weight is 335 g/mol. The number of benzene rings is 2. The number of carbonyl (C=O) groups is 1. The number of ether oxygens (including phenoxy) is 1. The molecule has 2 aromatic rings. The Morgan fingerprint density at radius 2 is 2.04 bits per heavy atom. The zero-order chi connectivity index (χ0) is 16.8. The Balaban J connectivity index is 2.04. The molecule has 0 aliphatic carbocycles. The van der Waals surface area contributed by atoms with Gasteiger partial charge >= 0.3 is 0 Å². The highest BCUT2D eigenvalue weighted by Crippen LogP contribution is 2.34. The summed E-state index contributed by atoms with van der Waals surface area (Å²) in [6.07, 6.45) is 0.00925. The fraction of sp³-hybridized carbons (Fsp3) is 0.125. The summed E-state index contributed by atoms with van der Waals surface area (Å²) >= 11 is 5.85. The molecule has 0 heterocycles. The van der Waals surface area contributed by atoms with E-state index in [1.165, 1.54) is 25.5 Å². The number of hydrogen-bond donors (Lipinski definition) is 3. The topological polar surface area (TPSA) is 91.2 Å². The van der Waals surface area contributed by atoms with E-state index in [4.69, 9.17) is 16.3 Å². The van der Waals surface area contributed by atoms with E-state index < -0.39 is 12.0 Å². The fourth-order valence-electron chi connectivity index (χ4n) is 1.84. The van der Waals surface area contributed by atoms with Crippen LogP contribution in [0.4, 0.5) is 0 Å². The molecular weight excluding hydrogens is 320 g/mol. The third-order valence-electron chi connectivity index (χ3n) is 3.02. The van der Waals surface area contributed by atoms with Crippen molar-refractivity contribution in [2.24, 2.45) is 5.10 Å². The number of nitrogens with zero attached hydrogens (tertiary/aromatic N) is 1. The maximum atomic E-state index is 11.8. The third-order valence-corrected chi connectivity index (χ3v) is 3.31. The molecule has 0 aliphatic heterocycles. The summed E-state index contributed by atoms with van der Waals surface area (Å²) in [6.45, 7) is 0. The molecule has 23 heavy (non-hydrogen) atoms. The minimum absolute atomic E-state index is 0.0986. The van der Waals surface area contributed by atoms with Crippen LogP contribution in [-0.2, 0) is 4.79 Å². The number of amides is 1. The number of nitrogens with one attached hydrogen (secondary N) is 1. The van der Waals surface area contributed by atoms with Crippen molar-refractivity contribution in [3.8, 4) is 11.5 Å². The lowest BCUT2D eigenvalue weighted by atomic mass is 10.1. The second kappa shape index (κ2) is 7.62. The van der Waals surface area contributed by atoms with E-state index in [2.05, 4.69) is 10.5 Å². The fourth-order valence-corrected chi connectivity index (χ4v) is 2.06. The van der Waals surface area contributed by atoms with E-state index in [-0.39, 0.29) is 16.5 Å². The molecule has 0 aliphatic rings. The molecule has 3 N–H and O–H groups in total. The minimum atomic E-state index is -1.31. The quantitative estimate of drug-likeness (QED) is 0.577. The maximum absolute atomic E-state index is 11.8. The summed E-state index contributed by atoms with van der Waals surface area (Å²) in [4.78, 5) is 11.8. The first-order chi connectivity index (χ1) is 11.0. The largest absolute Gasteiger partial charge is 0.503 e. The summed E-state index contributed by atoms with van der Waals surface area (Å²) in [6, 6.07) is 11.5. The van der Waals surface area contributed by atoms with Crippen LogP contribution in [0, 0.1) is 0 Å². The first-order valence-corrected chi connectivity index (χ1v) is 7.03. The summed E-state index contributed by atoms with van der Waals surface area (Å²) in [7, 11) is 1.39. The molecule has 1 atom stereocenters. The normalized spacial score (nSPS) is 12.1. The van der Waals surface area contributed by atoms with Gasteiger partial charge in [0.25, 0.3) is 5.91 Å². The molecule has 1 amide bonds. The van der Waals surface area contributed by atoms with E-state index in [1.54, 1.807) is 30.3 Å². The summed E-state index contributed by atoms with van der Waals surface area (Å²) in [5.74, 6) is -0.645. The number of phenolic OH excluding ortho intramolecular Hbond substituents is 1. The van der Waals surface area contributed by atoms with Gasteiger partial charge in [-0.15, -0.1) is 0 Å². The molecule has 0 spiro atoms. The minimum Gasteiger partial charge on any atom is -0.503 e. The molecule has 120 valence electrons. The van der Waals surface area contributed by atoms with Gasteiger partial charge in [0.15, 0.2) is 17.6 Å². The van der Waals surface area contributed by atoms with Crippen LogP contribution in [0.5, 0.6) is 11.5 Å². The number of aliphatic hydroxyl groups is 1. The summed E-state index contributed by atoms with van der Waals surface area (Å²) in [5.41, 5.74) is 3.22. The van der Waals surface area contributed by atoms with Gasteiger partial charge in [0.05, 0.1) is 18.3 Å². The first kappa shape index (κ1) is 16.8. The van der Waals surface area contributed by atoms with Gasteiger partial charge in [-0.05, 0) is 23.3 Å². The van der Waals surface area contributed by atoms with E-state index >= 15 is 0 Å². The van der Waals surface area contributed by atoms with Gasteiger partial charge in [0.2, 0.25) is 0 Å². The Labute approximate surface area is 138 Å². The zero-order valence-corrected chi connectivity index (χ0v) is 13.0. The highest BCUT2D eigenvalue weighted by molar-refractivity contribution is 6.32. The molecule has 0 bridgehead atoms. The number of hydrogen-bond acceptors (Lipinski definition) is 5.